The van der Waals surface area contributed by atoms with Gasteiger partial charge in [-0.05, 0) is 52.5 Å². The van der Waals surface area contributed by atoms with Crippen molar-refractivity contribution >= 4 is 5.78 Å². The van der Waals surface area contributed by atoms with Gasteiger partial charge in [-0.25, -0.2) is 0 Å². The van der Waals surface area contributed by atoms with E-state index in [0.717, 1.165) is 24.5 Å². The summed E-state index contributed by atoms with van der Waals surface area (Å²) in [5, 5.41) is 50.7. The molecule has 0 aromatic heterocycles. The number of allylic oxidation sites excluding steroid dienone is 2. The Morgan fingerprint density at radius 2 is 1.88 bits per heavy atom. The van der Waals surface area contributed by atoms with Gasteiger partial charge >= 0.3 is 0 Å². The molecule has 5 N–H and O–H groups in total. The molecule has 7 heteroatoms. The Balaban J connectivity index is 1.82. The molecule has 172 valence electrons. The standard InChI is InChI=1S/C25H30O7/c1-14(5-4-10-25(2,3)31)6-7-17-19(27)9-8-16(23(17)29)18-13-32-21-12-15(26)11-20(28)22(21)24(18)30/h6,8-9,11-12,18,26-29,31H,4-5,7,10,13H2,1-3H3/t18-/m1/s1. The van der Waals surface area contributed by atoms with Gasteiger partial charge in [0.25, 0.3) is 0 Å². The number of rotatable bonds is 7. The number of aliphatic hydroxyl groups is 1. The fourth-order valence-electron chi connectivity index (χ4n) is 3.91. The first-order chi connectivity index (χ1) is 15.0. The minimum Gasteiger partial charge on any atom is -0.508 e. The first-order valence-corrected chi connectivity index (χ1v) is 10.6. The molecule has 1 aliphatic heterocycles. The first kappa shape index (κ1) is 23.5. The van der Waals surface area contributed by atoms with Gasteiger partial charge in [-0.2, -0.15) is 0 Å². The van der Waals surface area contributed by atoms with E-state index in [0.29, 0.717) is 17.5 Å². The molecule has 0 aliphatic carbocycles. The molecule has 1 aliphatic rings. The van der Waals surface area contributed by atoms with E-state index in [-0.39, 0.29) is 41.6 Å². The molecule has 0 fully saturated rings. The van der Waals surface area contributed by atoms with Crippen LogP contribution in [0.25, 0.3) is 0 Å². The third-order valence-corrected chi connectivity index (χ3v) is 5.71. The highest BCUT2D eigenvalue weighted by molar-refractivity contribution is 6.06. The van der Waals surface area contributed by atoms with Crippen molar-refractivity contribution in [1.82, 2.24) is 0 Å². The number of ether oxygens (including phenoxy) is 1. The van der Waals surface area contributed by atoms with Gasteiger partial charge < -0.3 is 30.3 Å². The SMILES string of the molecule is CC(=CCc1c(O)ccc([C@H]2COc3cc(O)cc(O)c3C2=O)c1O)CCCC(C)(C)O. The lowest BCUT2D eigenvalue weighted by Gasteiger charge is -2.26. The molecule has 0 amide bonds. The highest BCUT2D eigenvalue weighted by Crippen LogP contribution is 2.43. The summed E-state index contributed by atoms with van der Waals surface area (Å²) in [5.41, 5.74) is 0.905. The van der Waals surface area contributed by atoms with Crippen molar-refractivity contribution in [3.63, 3.8) is 0 Å². The number of hydrogen-bond acceptors (Lipinski definition) is 7. The monoisotopic (exact) mass is 442 g/mol. The average Bonchev–Trinajstić information content (AvgIpc) is 2.67. The van der Waals surface area contributed by atoms with E-state index in [1.807, 2.05) is 13.0 Å². The Morgan fingerprint density at radius 1 is 1.16 bits per heavy atom. The van der Waals surface area contributed by atoms with Crippen molar-refractivity contribution in [2.75, 3.05) is 6.61 Å². The predicted octanol–water partition coefficient (Wildman–Crippen LogP) is 4.30. The van der Waals surface area contributed by atoms with Crippen LogP contribution in [0.1, 0.15) is 67.4 Å². The van der Waals surface area contributed by atoms with Gasteiger partial charge in [-0.3, -0.25) is 4.79 Å². The predicted molar refractivity (Wildman–Crippen MR) is 120 cm³/mol. The lowest BCUT2D eigenvalue weighted by molar-refractivity contribution is 0.0689. The average molecular weight is 443 g/mol. The van der Waals surface area contributed by atoms with Crippen LogP contribution >= 0.6 is 0 Å². The quantitative estimate of drug-likeness (QED) is 0.405. The molecule has 0 saturated carbocycles. The van der Waals surface area contributed by atoms with Crippen LogP contribution in [-0.2, 0) is 6.42 Å². The highest BCUT2D eigenvalue weighted by atomic mass is 16.5. The maximum absolute atomic E-state index is 13.0. The number of phenolic OH excluding ortho intramolecular Hbond substituents is 4. The van der Waals surface area contributed by atoms with Crippen LogP contribution in [0.2, 0.25) is 0 Å². The summed E-state index contributed by atoms with van der Waals surface area (Å²) in [6, 6.07) is 5.23. The number of phenols is 4. The summed E-state index contributed by atoms with van der Waals surface area (Å²) < 4.78 is 5.57. The van der Waals surface area contributed by atoms with Gasteiger partial charge in [-0.15, -0.1) is 0 Å². The second-order valence-electron chi connectivity index (χ2n) is 8.99. The molecule has 0 radical (unpaired) electrons. The Morgan fingerprint density at radius 3 is 2.56 bits per heavy atom. The van der Waals surface area contributed by atoms with Crippen LogP contribution in [-0.4, -0.2) is 43.5 Å². The van der Waals surface area contributed by atoms with Crippen LogP contribution in [0.5, 0.6) is 28.7 Å². The van der Waals surface area contributed by atoms with E-state index in [4.69, 9.17) is 4.74 Å². The molecule has 2 aromatic rings. The molecule has 1 heterocycles. The number of ketones is 1. The Kier molecular flexibility index (Phi) is 6.69. The molecule has 0 unspecified atom stereocenters. The largest absolute Gasteiger partial charge is 0.508 e. The summed E-state index contributed by atoms with van der Waals surface area (Å²) >= 11 is 0. The summed E-state index contributed by atoms with van der Waals surface area (Å²) in [5.74, 6) is -2.09. The third kappa shape index (κ3) is 5.16. The number of fused-ring (bicyclic) bond motifs is 1. The number of hydrogen-bond donors (Lipinski definition) is 5. The van der Waals surface area contributed by atoms with Crippen molar-refractivity contribution in [2.45, 2.75) is 58.0 Å². The fraction of sp³-hybridized carbons (Fsp3) is 0.400. The molecular weight excluding hydrogens is 412 g/mol. The molecule has 0 saturated heterocycles. The van der Waals surface area contributed by atoms with Crippen molar-refractivity contribution in [2.24, 2.45) is 0 Å². The molecule has 3 rings (SSSR count). The lowest BCUT2D eigenvalue weighted by Crippen LogP contribution is -2.26. The molecule has 32 heavy (non-hydrogen) atoms. The second kappa shape index (κ2) is 9.12. The Hall–Kier alpha value is -3.19. The molecule has 0 spiro atoms. The molecule has 1 atom stereocenters. The number of benzene rings is 2. The number of aromatic hydroxyl groups is 4. The van der Waals surface area contributed by atoms with E-state index >= 15 is 0 Å². The van der Waals surface area contributed by atoms with Crippen LogP contribution < -0.4 is 4.74 Å². The molecule has 7 nitrogen and oxygen atoms in total. The lowest BCUT2D eigenvalue weighted by atomic mass is 9.86. The van der Waals surface area contributed by atoms with E-state index < -0.39 is 23.1 Å². The first-order valence-electron chi connectivity index (χ1n) is 10.6. The zero-order valence-corrected chi connectivity index (χ0v) is 18.6. The fourth-order valence-corrected chi connectivity index (χ4v) is 3.91. The van der Waals surface area contributed by atoms with E-state index in [2.05, 4.69) is 0 Å². The van der Waals surface area contributed by atoms with Crippen LogP contribution in [0.15, 0.2) is 35.9 Å². The maximum Gasteiger partial charge on any atom is 0.181 e. The summed E-state index contributed by atoms with van der Waals surface area (Å²) in [4.78, 5) is 13.0. The third-order valence-electron chi connectivity index (χ3n) is 5.71. The summed E-state index contributed by atoms with van der Waals surface area (Å²) in [7, 11) is 0. The number of carbonyl (C=O) groups excluding carboxylic acids is 1. The molecule has 0 bridgehead atoms. The van der Waals surface area contributed by atoms with Crippen molar-refractivity contribution in [3.8, 4) is 28.7 Å². The highest BCUT2D eigenvalue weighted by Gasteiger charge is 2.35. The second-order valence-corrected chi connectivity index (χ2v) is 8.99. The van der Waals surface area contributed by atoms with Gasteiger partial charge in [0.2, 0.25) is 0 Å². The van der Waals surface area contributed by atoms with Gasteiger partial charge in [0.1, 0.15) is 40.9 Å². The van der Waals surface area contributed by atoms with E-state index in [9.17, 15) is 30.3 Å². The van der Waals surface area contributed by atoms with Gasteiger partial charge in [0, 0.05) is 23.3 Å². The summed E-state index contributed by atoms with van der Waals surface area (Å²) in [6.45, 7) is 5.42. The van der Waals surface area contributed by atoms with Crippen LogP contribution in [0, 0.1) is 0 Å². The van der Waals surface area contributed by atoms with Crippen molar-refractivity contribution in [1.29, 1.82) is 0 Å². The minimum absolute atomic E-state index is 0.0457. The van der Waals surface area contributed by atoms with Crippen molar-refractivity contribution in [3.05, 3.63) is 52.6 Å². The number of Topliss-reactive ketones (excluding diaryl/α,β-unsaturated/α-hetero) is 1. The van der Waals surface area contributed by atoms with E-state index in [1.54, 1.807) is 13.8 Å². The minimum atomic E-state index is -0.867. The zero-order valence-electron chi connectivity index (χ0n) is 18.6. The van der Waals surface area contributed by atoms with Gasteiger partial charge in [0.15, 0.2) is 5.78 Å². The van der Waals surface area contributed by atoms with E-state index in [1.165, 1.54) is 18.2 Å². The smallest absolute Gasteiger partial charge is 0.181 e. The maximum atomic E-state index is 13.0. The topological polar surface area (TPSA) is 127 Å². The Bertz CT molecular complexity index is 1050. The van der Waals surface area contributed by atoms with Gasteiger partial charge in [0.05, 0.1) is 11.5 Å². The van der Waals surface area contributed by atoms with Gasteiger partial charge in [-0.1, -0.05) is 17.7 Å². The molecular formula is C25H30O7. The molecule has 2 aromatic carbocycles. The number of carbonyl (C=O) groups is 1. The normalized spacial score (nSPS) is 16.6. The zero-order chi connectivity index (χ0) is 23.6. The van der Waals surface area contributed by atoms with Crippen LogP contribution in [0.3, 0.4) is 0 Å². The van der Waals surface area contributed by atoms with Crippen LogP contribution in [0.4, 0.5) is 0 Å². The van der Waals surface area contributed by atoms with Crippen molar-refractivity contribution < 1.29 is 35.1 Å². The Labute approximate surface area is 187 Å². The summed E-state index contributed by atoms with van der Waals surface area (Å²) in [6.07, 6.45) is 4.45.